The zero-order chi connectivity index (χ0) is 17.5. The Labute approximate surface area is 147 Å². The zero-order valence-electron chi connectivity index (χ0n) is 13.8. The number of aryl methyl sites for hydroxylation is 1. The summed E-state index contributed by atoms with van der Waals surface area (Å²) in [5, 5.41) is 13.0. The van der Waals surface area contributed by atoms with Gasteiger partial charge >= 0.3 is 0 Å². The van der Waals surface area contributed by atoms with Crippen LogP contribution in [0.3, 0.4) is 0 Å². The molecule has 1 saturated heterocycles. The number of nitriles is 1. The summed E-state index contributed by atoms with van der Waals surface area (Å²) in [4.78, 5) is 16.4. The van der Waals surface area contributed by atoms with Gasteiger partial charge in [-0.05, 0) is 30.7 Å². The number of halogens is 1. The van der Waals surface area contributed by atoms with Crippen LogP contribution in [0.25, 0.3) is 0 Å². The van der Waals surface area contributed by atoms with Gasteiger partial charge < -0.3 is 16.0 Å². The highest BCUT2D eigenvalue weighted by Gasteiger charge is 2.23. The van der Waals surface area contributed by atoms with Crippen LogP contribution in [0.15, 0.2) is 30.0 Å². The molecule has 1 heterocycles. The van der Waals surface area contributed by atoms with Crippen molar-refractivity contribution in [2.75, 3.05) is 44.6 Å². The Morgan fingerprint density at radius 1 is 1.42 bits per heavy atom. The maximum Gasteiger partial charge on any atom is 0.266 e. The lowest BCUT2D eigenvalue weighted by atomic mass is 10.2. The number of rotatable bonds is 5. The summed E-state index contributed by atoms with van der Waals surface area (Å²) in [5.74, 6) is -0.246. The molecule has 1 aromatic carbocycles. The maximum atomic E-state index is 12.5. The summed E-state index contributed by atoms with van der Waals surface area (Å²) in [6.45, 7) is 6.14. The summed E-state index contributed by atoms with van der Waals surface area (Å²) >= 11 is 5.93. The largest absolute Gasteiger partial charge is 0.360 e. The van der Waals surface area contributed by atoms with Gasteiger partial charge in [-0.1, -0.05) is 11.6 Å². The van der Waals surface area contributed by atoms with Crippen LogP contribution in [0.4, 0.5) is 5.69 Å². The SMILES string of the molecule is Cc1cc(Cl)ccc1N/C=C(/C#N)C(=O)N1CCN(CCN)CC1. The molecular formula is C17H22ClN5O. The van der Waals surface area contributed by atoms with Crippen LogP contribution in [0.1, 0.15) is 5.56 Å². The summed E-state index contributed by atoms with van der Waals surface area (Å²) < 4.78 is 0. The second kappa shape index (κ2) is 8.69. The van der Waals surface area contributed by atoms with E-state index >= 15 is 0 Å². The first-order valence-corrected chi connectivity index (χ1v) is 8.27. The minimum Gasteiger partial charge on any atom is -0.360 e. The second-order valence-corrected chi connectivity index (χ2v) is 6.13. The standard InChI is InChI=1S/C17H22ClN5O/c1-13-10-15(18)2-3-16(13)21-12-14(11-20)17(24)23-8-6-22(5-4-19)7-9-23/h2-3,10,12,21H,4-9,19H2,1H3/b14-12-. The van der Waals surface area contributed by atoms with Gasteiger partial charge in [0, 0.05) is 56.2 Å². The van der Waals surface area contributed by atoms with Gasteiger partial charge in [-0.25, -0.2) is 0 Å². The van der Waals surface area contributed by atoms with Gasteiger partial charge in [0.25, 0.3) is 5.91 Å². The fourth-order valence-electron chi connectivity index (χ4n) is 2.61. The summed E-state index contributed by atoms with van der Waals surface area (Å²) in [5.41, 5.74) is 7.40. The Morgan fingerprint density at radius 2 is 2.12 bits per heavy atom. The normalized spacial score (nSPS) is 15.9. The van der Waals surface area contributed by atoms with Crippen LogP contribution in [-0.4, -0.2) is 55.0 Å². The predicted molar refractivity (Wildman–Crippen MR) is 95.6 cm³/mol. The molecule has 0 aliphatic carbocycles. The number of piperazine rings is 1. The maximum absolute atomic E-state index is 12.5. The van der Waals surface area contributed by atoms with Crippen molar-refractivity contribution in [2.45, 2.75) is 6.92 Å². The molecule has 1 fully saturated rings. The Balaban J connectivity index is 2.00. The van der Waals surface area contributed by atoms with Crippen molar-refractivity contribution in [3.63, 3.8) is 0 Å². The third-order valence-corrected chi connectivity index (χ3v) is 4.25. The monoisotopic (exact) mass is 347 g/mol. The molecule has 0 bridgehead atoms. The minimum absolute atomic E-state index is 0.0941. The lowest BCUT2D eigenvalue weighted by Crippen LogP contribution is -2.50. The smallest absolute Gasteiger partial charge is 0.266 e. The van der Waals surface area contributed by atoms with Crippen LogP contribution >= 0.6 is 11.6 Å². The third-order valence-electron chi connectivity index (χ3n) is 4.02. The molecular weight excluding hydrogens is 326 g/mol. The third kappa shape index (κ3) is 4.71. The Hall–Kier alpha value is -2.07. The van der Waals surface area contributed by atoms with Crippen LogP contribution < -0.4 is 11.1 Å². The Morgan fingerprint density at radius 3 is 2.71 bits per heavy atom. The van der Waals surface area contributed by atoms with E-state index in [0.29, 0.717) is 24.7 Å². The molecule has 2 rings (SSSR count). The van der Waals surface area contributed by atoms with Gasteiger partial charge in [0.15, 0.2) is 0 Å². The molecule has 1 amide bonds. The quantitative estimate of drug-likeness (QED) is 0.624. The lowest BCUT2D eigenvalue weighted by molar-refractivity contribution is -0.128. The van der Waals surface area contributed by atoms with E-state index in [-0.39, 0.29) is 11.5 Å². The number of nitrogens with one attached hydrogen (secondary N) is 1. The zero-order valence-corrected chi connectivity index (χ0v) is 14.5. The van der Waals surface area contributed by atoms with Crippen LogP contribution in [-0.2, 0) is 4.79 Å². The second-order valence-electron chi connectivity index (χ2n) is 5.70. The van der Waals surface area contributed by atoms with Crippen LogP contribution in [0.2, 0.25) is 5.02 Å². The molecule has 0 saturated carbocycles. The molecule has 6 nitrogen and oxygen atoms in total. The van der Waals surface area contributed by atoms with Crippen LogP contribution in [0.5, 0.6) is 0 Å². The highest BCUT2D eigenvalue weighted by molar-refractivity contribution is 6.30. The number of benzene rings is 1. The number of nitrogens with zero attached hydrogens (tertiary/aromatic N) is 3. The van der Waals surface area contributed by atoms with E-state index in [1.165, 1.54) is 6.20 Å². The fraction of sp³-hybridized carbons (Fsp3) is 0.412. The fourth-order valence-corrected chi connectivity index (χ4v) is 2.83. The molecule has 0 radical (unpaired) electrons. The number of hydrogen-bond acceptors (Lipinski definition) is 5. The van der Waals surface area contributed by atoms with Crippen molar-refractivity contribution in [1.29, 1.82) is 5.26 Å². The first-order valence-electron chi connectivity index (χ1n) is 7.90. The molecule has 128 valence electrons. The van der Waals surface area contributed by atoms with Gasteiger partial charge in [0.2, 0.25) is 0 Å². The lowest BCUT2D eigenvalue weighted by Gasteiger charge is -2.34. The van der Waals surface area contributed by atoms with Gasteiger partial charge in [-0.3, -0.25) is 9.69 Å². The summed E-state index contributed by atoms with van der Waals surface area (Å²) in [6, 6.07) is 7.38. The van der Waals surface area contributed by atoms with Gasteiger partial charge in [-0.2, -0.15) is 5.26 Å². The molecule has 24 heavy (non-hydrogen) atoms. The van der Waals surface area contributed by atoms with Crippen molar-refractivity contribution < 1.29 is 4.79 Å². The van der Waals surface area contributed by atoms with E-state index in [2.05, 4.69) is 10.2 Å². The molecule has 7 heteroatoms. The van der Waals surface area contributed by atoms with Crippen LogP contribution in [0, 0.1) is 18.3 Å². The first-order chi connectivity index (χ1) is 11.5. The van der Waals surface area contributed by atoms with Gasteiger partial charge in [0.05, 0.1) is 0 Å². The molecule has 3 N–H and O–H groups in total. The number of nitrogens with two attached hydrogens (primary N) is 1. The average Bonchev–Trinajstić information content (AvgIpc) is 2.58. The Kier molecular flexibility index (Phi) is 6.62. The van der Waals surface area contributed by atoms with Crippen molar-refractivity contribution in [1.82, 2.24) is 9.80 Å². The molecule has 0 atom stereocenters. The highest BCUT2D eigenvalue weighted by atomic mass is 35.5. The summed E-state index contributed by atoms with van der Waals surface area (Å²) in [6.07, 6.45) is 1.46. The number of carbonyl (C=O) groups excluding carboxylic acids is 1. The predicted octanol–water partition coefficient (Wildman–Crippen LogP) is 1.57. The van der Waals surface area contributed by atoms with Gasteiger partial charge in [0.1, 0.15) is 11.6 Å². The van der Waals surface area contributed by atoms with E-state index < -0.39 is 0 Å². The molecule has 0 aromatic heterocycles. The molecule has 1 aromatic rings. The van der Waals surface area contributed by atoms with E-state index in [9.17, 15) is 10.1 Å². The molecule has 0 spiro atoms. The molecule has 1 aliphatic heterocycles. The van der Waals surface area contributed by atoms with E-state index in [1.807, 2.05) is 25.1 Å². The minimum atomic E-state index is -0.246. The highest BCUT2D eigenvalue weighted by Crippen LogP contribution is 2.20. The molecule has 1 aliphatic rings. The topological polar surface area (TPSA) is 85.4 Å². The van der Waals surface area contributed by atoms with Crippen molar-refractivity contribution in [2.24, 2.45) is 5.73 Å². The Bertz CT molecular complexity index is 659. The number of amides is 1. The van der Waals surface area contributed by atoms with Crippen molar-refractivity contribution >= 4 is 23.2 Å². The number of carbonyl (C=O) groups is 1. The van der Waals surface area contributed by atoms with Crippen molar-refractivity contribution in [3.05, 3.63) is 40.6 Å². The van der Waals surface area contributed by atoms with E-state index in [4.69, 9.17) is 17.3 Å². The summed E-state index contributed by atoms with van der Waals surface area (Å²) in [7, 11) is 0. The van der Waals surface area contributed by atoms with E-state index in [1.54, 1.807) is 11.0 Å². The average molecular weight is 348 g/mol. The van der Waals surface area contributed by atoms with Gasteiger partial charge in [-0.15, -0.1) is 0 Å². The molecule has 0 unspecified atom stereocenters. The van der Waals surface area contributed by atoms with Crippen molar-refractivity contribution in [3.8, 4) is 6.07 Å². The first kappa shape index (κ1) is 18.3. The van der Waals surface area contributed by atoms with E-state index in [0.717, 1.165) is 30.9 Å². The number of hydrogen-bond donors (Lipinski definition) is 2. The number of anilines is 1.